The van der Waals surface area contributed by atoms with Crippen LogP contribution in [0.2, 0.25) is 0 Å². The number of hydrogen-bond acceptors (Lipinski definition) is 2. The Morgan fingerprint density at radius 2 is 1.92 bits per heavy atom. The van der Waals surface area contributed by atoms with Gasteiger partial charge in [-0.15, -0.1) is 11.8 Å². The minimum Gasteiger partial charge on any atom is -0.299 e. The molecule has 0 saturated carbocycles. The Kier molecular flexibility index (Phi) is 3.35. The maximum atomic E-state index is 7.25. The summed E-state index contributed by atoms with van der Waals surface area (Å²) in [5, 5.41) is 7.93. The molecule has 0 amide bonds. The van der Waals surface area contributed by atoms with Crippen LogP contribution in [0.15, 0.2) is 24.3 Å². The van der Waals surface area contributed by atoms with Crippen LogP contribution in [0.3, 0.4) is 0 Å². The first kappa shape index (κ1) is 9.33. The average molecular weight is 179 g/mol. The zero-order chi connectivity index (χ0) is 8.97. The van der Waals surface area contributed by atoms with Gasteiger partial charge in [0.05, 0.1) is 5.04 Å². The summed E-state index contributed by atoms with van der Waals surface area (Å²) in [7, 11) is 0. The van der Waals surface area contributed by atoms with Gasteiger partial charge in [-0.05, 0) is 19.4 Å². The highest BCUT2D eigenvalue weighted by Crippen LogP contribution is 2.13. The van der Waals surface area contributed by atoms with Crippen LogP contribution >= 0.6 is 11.8 Å². The normalized spacial score (nSPS) is 9.83. The van der Waals surface area contributed by atoms with Gasteiger partial charge in [0.15, 0.2) is 0 Å². The maximum Gasteiger partial charge on any atom is 0.0613 e. The van der Waals surface area contributed by atoms with E-state index in [-0.39, 0.29) is 0 Å². The Balaban J connectivity index is 2.53. The summed E-state index contributed by atoms with van der Waals surface area (Å²) in [6, 6.07) is 8.45. The van der Waals surface area contributed by atoms with Crippen molar-refractivity contribution in [1.29, 1.82) is 5.41 Å². The molecule has 0 aromatic heterocycles. The molecule has 0 aliphatic carbocycles. The standard InChI is InChI=1S/C10H13NS/c1-8-3-5-10(6-4-8)7-12-9(2)11/h3-6,11H,7H2,1-2H3. The highest BCUT2D eigenvalue weighted by Gasteiger charge is 1.93. The minimum atomic E-state index is 0.676. The minimum absolute atomic E-state index is 0.676. The van der Waals surface area contributed by atoms with E-state index >= 15 is 0 Å². The van der Waals surface area contributed by atoms with Gasteiger partial charge in [-0.1, -0.05) is 29.8 Å². The van der Waals surface area contributed by atoms with Crippen LogP contribution < -0.4 is 0 Å². The van der Waals surface area contributed by atoms with Crippen molar-refractivity contribution in [2.24, 2.45) is 0 Å². The van der Waals surface area contributed by atoms with E-state index in [1.807, 2.05) is 6.92 Å². The highest BCUT2D eigenvalue weighted by molar-refractivity contribution is 8.13. The summed E-state index contributed by atoms with van der Waals surface area (Å²) < 4.78 is 0. The monoisotopic (exact) mass is 179 g/mol. The van der Waals surface area contributed by atoms with Gasteiger partial charge in [0.2, 0.25) is 0 Å². The predicted octanol–water partition coefficient (Wildman–Crippen LogP) is 3.23. The number of nitrogens with one attached hydrogen (secondary N) is 1. The summed E-state index contributed by atoms with van der Waals surface area (Å²) in [6.45, 7) is 3.90. The van der Waals surface area contributed by atoms with Crippen LogP contribution in [0.4, 0.5) is 0 Å². The van der Waals surface area contributed by atoms with Crippen LogP contribution in [0.25, 0.3) is 0 Å². The van der Waals surface area contributed by atoms with Crippen LogP contribution in [0, 0.1) is 12.3 Å². The topological polar surface area (TPSA) is 23.9 Å². The van der Waals surface area contributed by atoms with E-state index in [9.17, 15) is 0 Å². The number of thioether (sulfide) groups is 1. The van der Waals surface area contributed by atoms with Crippen molar-refractivity contribution in [2.45, 2.75) is 19.6 Å². The second kappa shape index (κ2) is 4.31. The van der Waals surface area contributed by atoms with Gasteiger partial charge in [0, 0.05) is 5.75 Å². The van der Waals surface area contributed by atoms with E-state index in [1.165, 1.54) is 11.1 Å². The Labute approximate surface area is 77.7 Å². The molecule has 12 heavy (non-hydrogen) atoms. The van der Waals surface area contributed by atoms with E-state index in [1.54, 1.807) is 11.8 Å². The van der Waals surface area contributed by atoms with E-state index in [4.69, 9.17) is 5.41 Å². The molecule has 0 bridgehead atoms. The molecule has 0 aliphatic heterocycles. The van der Waals surface area contributed by atoms with E-state index in [2.05, 4.69) is 31.2 Å². The molecule has 1 rings (SSSR count). The van der Waals surface area contributed by atoms with Crippen LogP contribution in [-0.2, 0) is 5.75 Å². The van der Waals surface area contributed by atoms with Crippen molar-refractivity contribution in [3.8, 4) is 0 Å². The van der Waals surface area contributed by atoms with Gasteiger partial charge in [0.25, 0.3) is 0 Å². The quantitative estimate of drug-likeness (QED) is 0.547. The van der Waals surface area contributed by atoms with Gasteiger partial charge in [0.1, 0.15) is 0 Å². The molecule has 0 radical (unpaired) electrons. The SMILES string of the molecule is CC(=N)SCc1ccc(C)cc1. The number of hydrogen-bond donors (Lipinski definition) is 1. The smallest absolute Gasteiger partial charge is 0.0613 e. The largest absolute Gasteiger partial charge is 0.299 e. The van der Waals surface area contributed by atoms with Crippen molar-refractivity contribution < 1.29 is 0 Å². The van der Waals surface area contributed by atoms with Gasteiger partial charge < -0.3 is 0 Å². The van der Waals surface area contributed by atoms with Gasteiger partial charge >= 0.3 is 0 Å². The molecular formula is C10H13NS. The molecule has 0 spiro atoms. The molecule has 2 heteroatoms. The molecule has 1 N–H and O–H groups in total. The third kappa shape index (κ3) is 3.09. The first-order valence-corrected chi connectivity index (χ1v) is 4.90. The van der Waals surface area contributed by atoms with Crippen molar-refractivity contribution in [2.75, 3.05) is 0 Å². The fourth-order valence-electron chi connectivity index (χ4n) is 0.876. The van der Waals surface area contributed by atoms with Gasteiger partial charge in [-0.25, -0.2) is 0 Å². The van der Waals surface area contributed by atoms with E-state index in [0.717, 1.165) is 5.75 Å². The summed E-state index contributed by atoms with van der Waals surface area (Å²) in [5.74, 6) is 0.912. The molecule has 0 aliphatic rings. The lowest BCUT2D eigenvalue weighted by Crippen LogP contribution is -1.84. The second-order valence-electron chi connectivity index (χ2n) is 2.83. The lowest BCUT2D eigenvalue weighted by molar-refractivity contribution is 1.37. The number of benzene rings is 1. The van der Waals surface area contributed by atoms with Gasteiger partial charge in [-0.2, -0.15) is 0 Å². The first-order chi connectivity index (χ1) is 5.68. The fraction of sp³-hybridized carbons (Fsp3) is 0.300. The van der Waals surface area contributed by atoms with Crippen LogP contribution in [-0.4, -0.2) is 5.04 Å². The summed E-state index contributed by atoms with van der Waals surface area (Å²) in [5.41, 5.74) is 2.58. The zero-order valence-electron chi connectivity index (χ0n) is 7.42. The third-order valence-electron chi connectivity index (χ3n) is 1.58. The second-order valence-corrected chi connectivity index (χ2v) is 4.02. The highest BCUT2D eigenvalue weighted by atomic mass is 32.2. The lowest BCUT2D eigenvalue weighted by atomic mass is 10.2. The molecule has 1 aromatic rings. The average Bonchev–Trinajstić information content (AvgIpc) is 2.03. The zero-order valence-corrected chi connectivity index (χ0v) is 8.24. The molecule has 1 nitrogen and oxygen atoms in total. The van der Waals surface area contributed by atoms with Crippen molar-refractivity contribution in [3.05, 3.63) is 35.4 Å². The molecule has 0 unspecified atom stereocenters. The molecule has 0 atom stereocenters. The van der Waals surface area contributed by atoms with E-state index in [0.29, 0.717) is 5.04 Å². The molecule has 0 heterocycles. The summed E-state index contributed by atoms with van der Waals surface area (Å²) in [4.78, 5) is 0. The van der Waals surface area contributed by atoms with Gasteiger partial charge in [-0.3, -0.25) is 5.41 Å². The maximum absolute atomic E-state index is 7.25. The number of rotatable bonds is 2. The number of aryl methyl sites for hydroxylation is 1. The Hall–Kier alpha value is -0.760. The van der Waals surface area contributed by atoms with Crippen LogP contribution in [0.5, 0.6) is 0 Å². The van der Waals surface area contributed by atoms with Crippen LogP contribution in [0.1, 0.15) is 18.1 Å². The third-order valence-corrected chi connectivity index (χ3v) is 2.49. The molecule has 64 valence electrons. The Bertz CT molecular complexity index is 264. The summed E-state index contributed by atoms with van der Waals surface area (Å²) >= 11 is 1.57. The first-order valence-electron chi connectivity index (χ1n) is 3.92. The molecular weight excluding hydrogens is 166 g/mol. The van der Waals surface area contributed by atoms with Crippen molar-refractivity contribution >= 4 is 16.8 Å². The van der Waals surface area contributed by atoms with Crippen molar-refractivity contribution in [3.63, 3.8) is 0 Å². The van der Waals surface area contributed by atoms with Crippen molar-refractivity contribution in [1.82, 2.24) is 0 Å². The predicted molar refractivity (Wildman–Crippen MR) is 55.9 cm³/mol. The lowest BCUT2D eigenvalue weighted by Gasteiger charge is -1.99. The molecule has 0 saturated heterocycles. The van der Waals surface area contributed by atoms with E-state index < -0.39 is 0 Å². The Morgan fingerprint density at radius 1 is 1.33 bits per heavy atom. The summed E-state index contributed by atoms with van der Waals surface area (Å²) in [6.07, 6.45) is 0. The molecule has 0 fully saturated rings. The fourth-order valence-corrected chi connectivity index (χ4v) is 1.45. The Morgan fingerprint density at radius 3 is 2.42 bits per heavy atom. The molecule has 1 aromatic carbocycles.